The molecule has 128 valence electrons. The zero-order valence-electron chi connectivity index (χ0n) is 13.3. The molecular weight excluding hydrogens is 382 g/mol. The highest BCUT2D eigenvalue weighted by atomic mass is 79.9. The molecule has 1 saturated heterocycles. The van der Waals surface area contributed by atoms with Crippen LogP contribution < -0.4 is 16.0 Å². The molecule has 5 nitrogen and oxygen atoms in total. The van der Waals surface area contributed by atoms with Crippen LogP contribution in [0.2, 0.25) is 0 Å². The fourth-order valence-corrected chi connectivity index (χ4v) is 3.12. The number of carbonyl (C=O) groups excluding carboxylic acids is 2. The second-order valence-corrected chi connectivity index (χ2v) is 6.72. The molecule has 0 radical (unpaired) electrons. The Bertz CT molecular complexity index is 568. The van der Waals surface area contributed by atoms with Crippen molar-refractivity contribution in [3.63, 3.8) is 0 Å². The first-order valence-corrected chi connectivity index (χ1v) is 8.32. The third kappa shape index (κ3) is 6.12. The number of carbonyl (C=O) groups is 2. The molecule has 0 spiro atoms. The number of halogens is 2. The number of hydrogen-bond acceptors (Lipinski definition) is 3. The first-order chi connectivity index (χ1) is 10.5. The average molecular weight is 405 g/mol. The number of piperidine rings is 1. The van der Waals surface area contributed by atoms with E-state index in [1.807, 2.05) is 25.1 Å². The molecule has 1 aromatic rings. The van der Waals surface area contributed by atoms with Crippen LogP contribution >= 0.6 is 28.3 Å². The summed E-state index contributed by atoms with van der Waals surface area (Å²) in [5.74, 6) is -0.241. The summed E-state index contributed by atoms with van der Waals surface area (Å²) in [4.78, 5) is 24.0. The molecule has 3 N–H and O–H groups in total. The van der Waals surface area contributed by atoms with E-state index in [0.717, 1.165) is 35.1 Å². The van der Waals surface area contributed by atoms with Crippen molar-refractivity contribution in [3.05, 3.63) is 28.2 Å². The Kier molecular flexibility index (Phi) is 8.02. The van der Waals surface area contributed by atoms with Crippen LogP contribution in [0.15, 0.2) is 22.7 Å². The van der Waals surface area contributed by atoms with Gasteiger partial charge in [-0.05, 0) is 57.0 Å². The quantitative estimate of drug-likeness (QED) is 0.722. The molecule has 2 rings (SSSR count). The van der Waals surface area contributed by atoms with Gasteiger partial charge < -0.3 is 16.0 Å². The van der Waals surface area contributed by atoms with E-state index in [4.69, 9.17) is 0 Å². The number of rotatable bonds is 4. The van der Waals surface area contributed by atoms with Crippen LogP contribution in [0.1, 0.15) is 25.3 Å². The Morgan fingerprint density at radius 1 is 1.39 bits per heavy atom. The number of nitrogens with one attached hydrogen (secondary N) is 3. The first kappa shape index (κ1) is 19.9. The van der Waals surface area contributed by atoms with E-state index in [2.05, 4.69) is 38.8 Å². The molecule has 1 aliphatic rings. The second kappa shape index (κ2) is 9.25. The van der Waals surface area contributed by atoms with Crippen LogP contribution in [0.5, 0.6) is 0 Å². The Morgan fingerprint density at radius 2 is 2.13 bits per heavy atom. The van der Waals surface area contributed by atoms with Crippen molar-refractivity contribution in [2.45, 2.75) is 32.7 Å². The van der Waals surface area contributed by atoms with E-state index < -0.39 is 0 Å². The number of hydrogen-bond donors (Lipinski definition) is 3. The lowest BCUT2D eigenvalue weighted by Crippen LogP contribution is -2.44. The molecule has 7 heteroatoms. The fourth-order valence-electron chi connectivity index (χ4n) is 2.64. The summed E-state index contributed by atoms with van der Waals surface area (Å²) in [6.45, 7) is 4.86. The van der Waals surface area contributed by atoms with Gasteiger partial charge in [-0.25, -0.2) is 0 Å². The standard InChI is InChI=1S/C16H22BrN3O2.ClH/c1-10-7-13(17)3-4-14(10)20-15(21)9-19-16(22)12-5-6-18-11(2)8-12;/h3-4,7,11-12,18H,5-6,8-9H2,1-2H3,(H,19,22)(H,20,21);1H/t11-,12-;/m0./s1. The molecule has 1 heterocycles. The molecule has 0 saturated carbocycles. The largest absolute Gasteiger partial charge is 0.347 e. The average Bonchev–Trinajstić information content (AvgIpc) is 2.47. The first-order valence-electron chi connectivity index (χ1n) is 7.53. The Balaban J connectivity index is 0.00000264. The van der Waals surface area contributed by atoms with Gasteiger partial charge in [-0.15, -0.1) is 12.4 Å². The van der Waals surface area contributed by atoms with Gasteiger partial charge in [0.15, 0.2) is 0 Å². The number of amides is 2. The molecule has 1 aromatic carbocycles. The lowest BCUT2D eigenvalue weighted by atomic mass is 9.92. The monoisotopic (exact) mass is 403 g/mol. The molecule has 0 unspecified atom stereocenters. The Labute approximate surface area is 151 Å². The molecule has 0 aliphatic carbocycles. The summed E-state index contributed by atoms with van der Waals surface area (Å²) in [6.07, 6.45) is 1.64. The maximum Gasteiger partial charge on any atom is 0.243 e. The predicted octanol–water partition coefficient (Wildman–Crippen LogP) is 2.62. The van der Waals surface area contributed by atoms with Crippen molar-refractivity contribution >= 4 is 45.8 Å². The van der Waals surface area contributed by atoms with E-state index in [1.165, 1.54) is 0 Å². The van der Waals surface area contributed by atoms with Gasteiger partial charge >= 0.3 is 0 Å². The third-order valence-corrected chi connectivity index (χ3v) is 4.37. The highest BCUT2D eigenvalue weighted by Gasteiger charge is 2.24. The van der Waals surface area contributed by atoms with Gasteiger partial charge in [0, 0.05) is 22.1 Å². The summed E-state index contributed by atoms with van der Waals surface area (Å²) in [5, 5.41) is 8.87. The van der Waals surface area contributed by atoms with Crippen molar-refractivity contribution in [3.8, 4) is 0 Å². The van der Waals surface area contributed by atoms with E-state index in [0.29, 0.717) is 6.04 Å². The van der Waals surface area contributed by atoms with E-state index in [1.54, 1.807) is 0 Å². The van der Waals surface area contributed by atoms with Crippen LogP contribution in [-0.4, -0.2) is 30.9 Å². The fraction of sp³-hybridized carbons (Fsp3) is 0.500. The summed E-state index contributed by atoms with van der Waals surface area (Å²) in [5.41, 5.74) is 1.74. The molecule has 2 amide bonds. The zero-order valence-corrected chi connectivity index (χ0v) is 15.7. The summed E-state index contributed by atoms with van der Waals surface area (Å²) < 4.78 is 0.969. The maximum atomic E-state index is 12.1. The number of anilines is 1. The minimum Gasteiger partial charge on any atom is -0.347 e. The van der Waals surface area contributed by atoms with E-state index in [-0.39, 0.29) is 36.7 Å². The van der Waals surface area contributed by atoms with Gasteiger partial charge in [-0.2, -0.15) is 0 Å². The zero-order chi connectivity index (χ0) is 16.1. The van der Waals surface area contributed by atoms with Gasteiger partial charge in [0.25, 0.3) is 0 Å². The van der Waals surface area contributed by atoms with Crippen LogP contribution in [0.3, 0.4) is 0 Å². The van der Waals surface area contributed by atoms with Crippen LogP contribution in [0, 0.1) is 12.8 Å². The highest BCUT2D eigenvalue weighted by Crippen LogP contribution is 2.20. The van der Waals surface area contributed by atoms with Crippen molar-refractivity contribution in [2.24, 2.45) is 5.92 Å². The lowest BCUT2D eigenvalue weighted by Gasteiger charge is -2.27. The minimum atomic E-state index is -0.208. The molecule has 2 atom stereocenters. The van der Waals surface area contributed by atoms with Crippen molar-refractivity contribution in [2.75, 3.05) is 18.4 Å². The normalized spacial score (nSPS) is 20.3. The molecule has 1 aliphatic heterocycles. The van der Waals surface area contributed by atoms with Crippen LogP contribution in [0.4, 0.5) is 5.69 Å². The number of aryl methyl sites for hydroxylation is 1. The van der Waals surface area contributed by atoms with Gasteiger partial charge in [0.1, 0.15) is 0 Å². The second-order valence-electron chi connectivity index (χ2n) is 5.80. The van der Waals surface area contributed by atoms with Gasteiger partial charge in [0.2, 0.25) is 11.8 Å². The predicted molar refractivity (Wildman–Crippen MR) is 98.0 cm³/mol. The summed E-state index contributed by atoms with van der Waals surface area (Å²) >= 11 is 3.39. The maximum absolute atomic E-state index is 12.1. The molecule has 0 aromatic heterocycles. The van der Waals surface area contributed by atoms with Crippen molar-refractivity contribution in [1.29, 1.82) is 0 Å². The summed E-state index contributed by atoms with van der Waals surface area (Å²) in [7, 11) is 0. The number of benzene rings is 1. The van der Waals surface area contributed by atoms with Crippen LogP contribution in [0.25, 0.3) is 0 Å². The van der Waals surface area contributed by atoms with E-state index in [9.17, 15) is 9.59 Å². The minimum absolute atomic E-state index is 0. The third-order valence-electron chi connectivity index (χ3n) is 3.88. The Hall–Kier alpha value is -1.11. The molecule has 0 bridgehead atoms. The van der Waals surface area contributed by atoms with E-state index >= 15 is 0 Å². The highest BCUT2D eigenvalue weighted by molar-refractivity contribution is 9.10. The smallest absolute Gasteiger partial charge is 0.243 e. The lowest BCUT2D eigenvalue weighted by molar-refractivity contribution is -0.128. The molecular formula is C16H23BrClN3O2. The van der Waals surface area contributed by atoms with Crippen LogP contribution in [-0.2, 0) is 9.59 Å². The van der Waals surface area contributed by atoms with Crippen molar-refractivity contribution in [1.82, 2.24) is 10.6 Å². The SMILES string of the molecule is Cc1cc(Br)ccc1NC(=O)CNC(=O)[C@H]1CCN[C@@H](C)C1.Cl. The summed E-state index contributed by atoms with van der Waals surface area (Å²) in [6, 6.07) is 6.00. The topological polar surface area (TPSA) is 70.2 Å². The van der Waals surface area contributed by atoms with Gasteiger partial charge in [-0.1, -0.05) is 15.9 Å². The Morgan fingerprint density at radius 3 is 2.78 bits per heavy atom. The van der Waals surface area contributed by atoms with Crippen molar-refractivity contribution < 1.29 is 9.59 Å². The van der Waals surface area contributed by atoms with Gasteiger partial charge in [-0.3, -0.25) is 9.59 Å². The molecule has 23 heavy (non-hydrogen) atoms. The van der Waals surface area contributed by atoms with Gasteiger partial charge in [0.05, 0.1) is 6.54 Å². The molecule has 1 fully saturated rings.